The fourth-order valence-corrected chi connectivity index (χ4v) is 2.07. The van der Waals surface area contributed by atoms with Crippen molar-refractivity contribution in [2.45, 2.75) is 39.6 Å². The van der Waals surface area contributed by atoms with E-state index in [2.05, 4.69) is 28.4 Å². The molecule has 0 amide bonds. The Morgan fingerprint density at radius 1 is 1.29 bits per heavy atom. The molecule has 0 saturated carbocycles. The van der Waals surface area contributed by atoms with Crippen LogP contribution in [-0.2, 0) is 12.4 Å². The molecule has 0 N–H and O–H groups in total. The Morgan fingerprint density at radius 3 is 2.71 bits per heavy atom. The van der Waals surface area contributed by atoms with Gasteiger partial charge in [0, 0.05) is 12.2 Å². The normalized spacial score (nSPS) is 11.6. The number of aryl methyl sites for hydroxylation is 2. The van der Waals surface area contributed by atoms with Gasteiger partial charge in [0.2, 0.25) is 0 Å². The molecule has 0 aliphatic rings. The summed E-state index contributed by atoms with van der Waals surface area (Å²) in [7, 11) is 0. The number of pyridine rings is 1. The van der Waals surface area contributed by atoms with Gasteiger partial charge in [-0.3, -0.25) is 0 Å². The monoisotopic (exact) mass is 251 g/mol. The molecule has 0 aromatic carbocycles. The molecule has 0 unspecified atom stereocenters. The standard InChI is InChI=1S/C13H18ClN3/c1-9(2)6-7-17-12(8-14)16-11-5-4-10(3)15-13(11)17/h4-5,9H,6-8H2,1-3H3. The van der Waals surface area contributed by atoms with Gasteiger partial charge in [0.05, 0.1) is 5.88 Å². The molecule has 0 aliphatic heterocycles. The molecule has 17 heavy (non-hydrogen) atoms. The summed E-state index contributed by atoms with van der Waals surface area (Å²) < 4.78 is 2.15. The van der Waals surface area contributed by atoms with Gasteiger partial charge in [0.25, 0.3) is 0 Å². The molecular weight excluding hydrogens is 234 g/mol. The van der Waals surface area contributed by atoms with Crippen LogP contribution in [0.3, 0.4) is 0 Å². The van der Waals surface area contributed by atoms with Crippen molar-refractivity contribution >= 4 is 22.8 Å². The molecule has 0 radical (unpaired) electrons. The third kappa shape index (κ3) is 2.60. The zero-order valence-corrected chi connectivity index (χ0v) is 11.3. The number of hydrogen-bond donors (Lipinski definition) is 0. The Labute approximate surface area is 107 Å². The van der Waals surface area contributed by atoms with Crippen LogP contribution in [0.2, 0.25) is 0 Å². The molecule has 0 saturated heterocycles. The molecule has 2 aromatic rings. The molecule has 0 spiro atoms. The molecule has 0 fully saturated rings. The Hall–Kier alpha value is -1.09. The van der Waals surface area contributed by atoms with E-state index in [1.807, 2.05) is 19.1 Å². The van der Waals surface area contributed by atoms with E-state index in [1.54, 1.807) is 0 Å². The third-order valence-corrected chi connectivity index (χ3v) is 3.10. The first-order valence-corrected chi connectivity index (χ1v) is 6.54. The zero-order valence-electron chi connectivity index (χ0n) is 10.6. The average molecular weight is 252 g/mol. The quantitative estimate of drug-likeness (QED) is 0.779. The van der Waals surface area contributed by atoms with Crippen molar-refractivity contribution in [3.63, 3.8) is 0 Å². The van der Waals surface area contributed by atoms with Crippen LogP contribution in [-0.4, -0.2) is 14.5 Å². The predicted octanol–water partition coefficient (Wildman–Crippen LogP) is 3.52. The summed E-state index contributed by atoms with van der Waals surface area (Å²) in [6.07, 6.45) is 1.12. The molecule has 3 nitrogen and oxygen atoms in total. The topological polar surface area (TPSA) is 30.7 Å². The van der Waals surface area contributed by atoms with Crippen LogP contribution in [0.25, 0.3) is 11.2 Å². The van der Waals surface area contributed by atoms with Crippen molar-refractivity contribution in [2.24, 2.45) is 5.92 Å². The number of rotatable bonds is 4. The van der Waals surface area contributed by atoms with Crippen LogP contribution in [0, 0.1) is 12.8 Å². The first kappa shape index (κ1) is 12.4. The number of halogens is 1. The van der Waals surface area contributed by atoms with Gasteiger partial charge in [0.1, 0.15) is 11.3 Å². The van der Waals surface area contributed by atoms with Crippen molar-refractivity contribution in [1.29, 1.82) is 0 Å². The summed E-state index contributed by atoms with van der Waals surface area (Å²) in [5.41, 5.74) is 2.92. The number of hydrogen-bond acceptors (Lipinski definition) is 2. The molecular formula is C13H18ClN3. The largest absolute Gasteiger partial charge is 0.312 e. The molecule has 2 heterocycles. The lowest BCUT2D eigenvalue weighted by Gasteiger charge is -2.09. The second kappa shape index (κ2) is 5.05. The van der Waals surface area contributed by atoms with Crippen molar-refractivity contribution in [3.8, 4) is 0 Å². The first-order chi connectivity index (χ1) is 8.11. The summed E-state index contributed by atoms with van der Waals surface area (Å²) in [5.74, 6) is 2.02. The second-order valence-corrected chi connectivity index (χ2v) is 5.06. The lowest BCUT2D eigenvalue weighted by atomic mass is 10.1. The average Bonchev–Trinajstić information content (AvgIpc) is 2.63. The van der Waals surface area contributed by atoms with Gasteiger partial charge in [-0.2, -0.15) is 0 Å². The fourth-order valence-electron chi connectivity index (χ4n) is 1.87. The first-order valence-electron chi connectivity index (χ1n) is 6.00. The van der Waals surface area contributed by atoms with Crippen molar-refractivity contribution in [1.82, 2.24) is 14.5 Å². The summed E-state index contributed by atoms with van der Waals surface area (Å²) >= 11 is 5.95. The van der Waals surface area contributed by atoms with Crippen molar-refractivity contribution < 1.29 is 0 Å². The molecule has 0 aliphatic carbocycles. The van der Waals surface area contributed by atoms with Crippen LogP contribution in [0.4, 0.5) is 0 Å². The van der Waals surface area contributed by atoms with Crippen molar-refractivity contribution in [3.05, 3.63) is 23.7 Å². The fraction of sp³-hybridized carbons (Fsp3) is 0.538. The van der Waals surface area contributed by atoms with Crippen molar-refractivity contribution in [2.75, 3.05) is 0 Å². The van der Waals surface area contributed by atoms with E-state index >= 15 is 0 Å². The van der Waals surface area contributed by atoms with E-state index in [4.69, 9.17) is 11.6 Å². The van der Waals surface area contributed by atoms with Gasteiger partial charge < -0.3 is 4.57 Å². The Kier molecular flexibility index (Phi) is 3.67. The van der Waals surface area contributed by atoms with E-state index in [9.17, 15) is 0 Å². The van der Waals surface area contributed by atoms with Gasteiger partial charge in [0.15, 0.2) is 5.65 Å². The highest BCUT2D eigenvalue weighted by Gasteiger charge is 2.11. The van der Waals surface area contributed by atoms with E-state index in [0.717, 1.165) is 35.6 Å². The van der Waals surface area contributed by atoms with Crippen LogP contribution in [0.5, 0.6) is 0 Å². The lowest BCUT2D eigenvalue weighted by molar-refractivity contribution is 0.514. The highest BCUT2D eigenvalue weighted by Crippen LogP contribution is 2.18. The van der Waals surface area contributed by atoms with E-state index in [-0.39, 0.29) is 0 Å². The third-order valence-electron chi connectivity index (χ3n) is 2.86. The van der Waals surface area contributed by atoms with Crippen LogP contribution in [0.15, 0.2) is 12.1 Å². The SMILES string of the molecule is Cc1ccc2nc(CCl)n(CCC(C)C)c2n1. The second-order valence-electron chi connectivity index (χ2n) is 4.79. The Morgan fingerprint density at radius 2 is 2.06 bits per heavy atom. The molecule has 2 rings (SSSR count). The van der Waals surface area contributed by atoms with Gasteiger partial charge in [-0.05, 0) is 31.4 Å². The molecule has 0 atom stereocenters. The maximum Gasteiger partial charge on any atom is 0.160 e. The summed E-state index contributed by atoms with van der Waals surface area (Å²) in [6, 6.07) is 4.00. The minimum absolute atomic E-state index is 0.438. The highest BCUT2D eigenvalue weighted by molar-refractivity contribution is 6.16. The van der Waals surface area contributed by atoms with Crippen LogP contribution >= 0.6 is 11.6 Å². The summed E-state index contributed by atoms with van der Waals surface area (Å²) in [4.78, 5) is 9.08. The predicted molar refractivity (Wildman–Crippen MR) is 71.3 cm³/mol. The number of nitrogens with zero attached hydrogens (tertiary/aromatic N) is 3. The Bertz CT molecular complexity index is 517. The molecule has 2 aromatic heterocycles. The highest BCUT2D eigenvalue weighted by atomic mass is 35.5. The molecule has 92 valence electrons. The number of fused-ring (bicyclic) bond motifs is 1. The van der Waals surface area contributed by atoms with Crippen LogP contribution < -0.4 is 0 Å². The lowest BCUT2D eigenvalue weighted by Crippen LogP contribution is -2.06. The van der Waals surface area contributed by atoms with E-state index < -0.39 is 0 Å². The number of imidazole rings is 1. The maximum atomic E-state index is 5.95. The number of alkyl halides is 1. The minimum Gasteiger partial charge on any atom is -0.312 e. The smallest absolute Gasteiger partial charge is 0.160 e. The molecule has 4 heteroatoms. The summed E-state index contributed by atoms with van der Waals surface area (Å²) in [6.45, 7) is 7.38. The minimum atomic E-state index is 0.438. The van der Waals surface area contributed by atoms with Gasteiger partial charge in [-0.15, -0.1) is 11.6 Å². The number of aromatic nitrogens is 3. The van der Waals surface area contributed by atoms with Gasteiger partial charge in [-0.25, -0.2) is 9.97 Å². The van der Waals surface area contributed by atoms with E-state index in [0.29, 0.717) is 11.8 Å². The summed E-state index contributed by atoms with van der Waals surface area (Å²) in [5, 5.41) is 0. The maximum absolute atomic E-state index is 5.95. The van der Waals surface area contributed by atoms with E-state index in [1.165, 1.54) is 0 Å². The van der Waals surface area contributed by atoms with Crippen LogP contribution in [0.1, 0.15) is 31.8 Å². The zero-order chi connectivity index (χ0) is 12.4. The van der Waals surface area contributed by atoms with Gasteiger partial charge in [-0.1, -0.05) is 13.8 Å². The van der Waals surface area contributed by atoms with Gasteiger partial charge >= 0.3 is 0 Å². The Balaban J connectivity index is 2.45. The molecule has 0 bridgehead atoms.